The van der Waals surface area contributed by atoms with E-state index in [-0.39, 0.29) is 22.4 Å². The Morgan fingerprint density at radius 2 is 1.91 bits per heavy atom. The fraction of sp³-hybridized carbons (Fsp3) is 0.417. The normalized spacial score (nSPS) is 23.8. The predicted octanol–water partition coefficient (Wildman–Crippen LogP) is 2.14. The lowest BCUT2D eigenvalue weighted by atomic mass is 9.89. The Balaban J connectivity index is 1.66. The van der Waals surface area contributed by atoms with Crippen molar-refractivity contribution in [3.63, 3.8) is 0 Å². The van der Waals surface area contributed by atoms with Gasteiger partial charge >= 0.3 is 11.6 Å². The van der Waals surface area contributed by atoms with Crippen molar-refractivity contribution in [2.75, 3.05) is 12.8 Å². The number of carbonyl (C=O) groups excluding carboxylic acids is 1. The summed E-state index contributed by atoms with van der Waals surface area (Å²) in [5, 5.41) is 21.5. The van der Waals surface area contributed by atoms with Crippen molar-refractivity contribution >= 4 is 22.6 Å². The second-order valence-corrected chi connectivity index (χ2v) is 9.00. The number of aromatic nitrogens is 1. The molecule has 5 N–H and O–H groups in total. The van der Waals surface area contributed by atoms with Crippen LogP contribution in [0, 0.1) is 13.8 Å². The van der Waals surface area contributed by atoms with Crippen LogP contribution in [-0.2, 0) is 14.2 Å². The number of H-pyrrole nitrogens is 1. The molecule has 1 fully saturated rings. The molecule has 4 unspecified atom stereocenters. The van der Waals surface area contributed by atoms with Crippen LogP contribution in [0.4, 0.5) is 5.69 Å². The number of aliphatic hydroxyl groups is 1. The fourth-order valence-corrected chi connectivity index (χ4v) is 4.25. The predicted molar refractivity (Wildman–Crippen MR) is 124 cm³/mol. The summed E-state index contributed by atoms with van der Waals surface area (Å²) in [4.78, 5) is 27.6. The molecule has 1 saturated heterocycles. The molecule has 0 spiro atoms. The standard InChI is InChI=1S/C24H28N2O9/c1-10-6-8-13(26-10)21(29)34-19-17(28)23(35-24(3,4)20(19)31-5)32-14-9-7-12-16(27)15(25)22(30)33-18(12)11(14)2/h6-9,17,19-20,23,26-28H,25H2,1-5H3. The summed E-state index contributed by atoms with van der Waals surface area (Å²) in [5.74, 6) is -0.849. The molecule has 2 aromatic heterocycles. The summed E-state index contributed by atoms with van der Waals surface area (Å²) < 4.78 is 28.4. The minimum absolute atomic E-state index is 0.0728. The number of aliphatic hydroxyl groups excluding tert-OH is 1. The third-order valence-corrected chi connectivity index (χ3v) is 6.09. The maximum Gasteiger partial charge on any atom is 0.363 e. The van der Waals surface area contributed by atoms with E-state index in [4.69, 9.17) is 29.1 Å². The summed E-state index contributed by atoms with van der Waals surface area (Å²) in [5.41, 5.74) is 4.69. The molecule has 0 aliphatic carbocycles. The summed E-state index contributed by atoms with van der Waals surface area (Å²) in [6, 6.07) is 6.30. The van der Waals surface area contributed by atoms with Crippen molar-refractivity contribution in [3.8, 4) is 11.5 Å². The van der Waals surface area contributed by atoms with Gasteiger partial charge in [-0.3, -0.25) is 0 Å². The lowest BCUT2D eigenvalue weighted by Crippen LogP contribution is -2.65. The van der Waals surface area contributed by atoms with E-state index in [0.29, 0.717) is 5.56 Å². The molecule has 4 rings (SSSR count). The summed E-state index contributed by atoms with van der Waals surface area (Å²) in [6.45, 7) is 6.85. The molecule has 35 heavy (non-hydrogen) atoms. The number of esters is 1. The van der Waals surface area contributed by atoms with Gasteiger partial charge in [-0.2, -0.15) is 0 Å². The van der Waals surface area contributed by atoms with Gasteiger partial charge in [0.25, 0.3) is 0 Å². The van der Waals surface area contributed by atoms with E-state index in [2.05, 4.69) is 4.98 Å². The first-order chi connectivity index (χ1) is 16.4. The van der Waals surface area contributed by atoms with Crippen LogP contribution in [0.5, 0.6) is 11.5 Å². The van der Waals surface area contributed by atoms with E-state index in [1.807, 2.05) is 0 Å². The fourth-order valence-electron chi connectivity index (χ4n) is 4.25. The van der Waals surface area contributed by atoms with Crippen molar-refractivity contribution in [2.45, 2.75) is 57.9 Å². The molecule has 1 aliphatic heterocycles. The van der Waals surface area contributed by atoms with Crippen LogP contribution >= 0.6 is 0 Å². The Morgan fingerprint density at radius 3 is 2.54 bits per heavy atom. The van der Waals surface area contributed by atoms with Crippen LogP contribution in [0.1, 0.15) is 35.6 Å². The first-order valence-corrected chi connectivity index (χ1v) is 10.9. The highest BCUT2D eigenvalue weighted by Gasteiger charge is 2.53. The van der Waals surface area contributed by atoms with Crippen LogP contribution in [0.25, 0.3) is 11.0 Å². The van der Waals surface area contributed by atoms with E-state index in [1.165, 1.54) is 19.2 Å². The number of hydrogen-bond donors (Lipinski definition) is 4. The van der Waals surface area contributed by atoms with Crippen molar-refractivity contribution in [1.29, 1.82) is 0 Å². The SMILES string of the molecule is COC1C(OC(=O)c2ccc(C)[nH]2)C(O)C(Oc2ccc3c(O)c(N)c(=O)oc3c2C)OC1(C)C. The molecule has 0 bridgehead atoms. The van der Waals surface area contributed by atoms with E-state index in [0.717, 1.165) is 5.69 Å². The smallest absolute Gasteiger partial charge is 0.363 e. The van der Waals surface area contributed by atoms with Crippen LogP contribution in [-0.4, -0.2) is 58.5 Å². The molecule has 0 saturated carbocycles. The number of nitrogens with one attached hydrogen (secondary N) is 1. The number of hydrogen-bond acceptors (Lipinski definition) is 10. The minimum atomic E-state index is -1.44. The molecule has 11 nitrogen and oxygen atoms in total. The van der Waals surface area contributed by atoms with Crippen molar-refractivity contribution < 1.29 is 38.4 Å². The molecule has 188 valence electrons. The van der Waals surface area contributed by atoms with E-state index < -0.39 is 53.2 Å². The zero-order valence-electron chi connectivity index (χ0n) is 19.9. The van der Waals surface area contributed by atoms with Gasteiger partial charge in [0, 0.05) is 18.4 Å². The van der Waals surface area contributed by atoms with Gasteiger partial charge in [0.15, 0.2) is 23.6 Å². The van der Waals surface area contributed by atoms with E-state index in [1.54, 1.807) is 39.8 Å². The third-order valence-electron chi connectivity index (χ3n) is 6.09. The molecule has 0 amide bonds. The zero-order valence-corrected chi connectivity index (χ0v) is 19.9. The molecule has 4 atom stereocenters. The highest BCUT2D eigenvalue weighted by molar-refractivity contribution is 5.90. The number of carbonyl (C=O) groups is 1. The number of ether oxygens (including phenoxy) is 4. The average Bonchev–Trinajstić information content (AvgIpc) is 3.24. The maximum atomic E-state index is 12.7. The van der Waals surface area contributed by atoms with Gasteiger partial charge in [0.2, 0.25) is 6.29 Å². The van der Waals surface area contributed by atoms with Crippen molar-refractivity contribution in [2.24, 2.45) is 0 Å². The van der Waals surface area contributed by atoms with Crippen molar-refractivity contribution in [1.82, 2.24) is 4.98 Å². The van der Waals surface area contributed by atoms with Crippen LogP contribution in [0.3, 0.4) is 0 Å². The van der Waals surface area contributed by atoms with Gasteiger partial charge in [-0.25, -0.2) is 9.59 Å². The number of nitrogen functional groups attached to an aromatic ring is 1. The Morgan fingerprint density at radius 1 is 1.20 bits per heavy atom. The molecular formula is C24H28N2O9. The molecular weight excluding hydrogens is 460 g/mol. The van der Waals surface area contributed by atoms with Gasteiger partial charge in [0.1, 0.15) is 23.1 Å². The number of methoxy groups -OCH3 is 1. The average molecular weight is 488 g/mol. The largest absolute Gasteiger partial charge is 0.505 e. The number of rotatable bonds is 5. The first-order valence-electron chi connectivity index (χ1n) is 10.9. The Kier molecular flexibility index (Phi) is 6.26. The van der Waals surface area contributed by atoms with E-state index in [9.17, 15) is 19.8 Å². The second kappa shape index (κ2) is 8.91. The molecule has 3 heterocycles. The maximum absolute atomic E-state index is 12.7. The van der Waals surface area contributed by atoms with Gasteiger partial charge in [-0.1, -0.05) is 0 Å². The lowest BCUT2D eigenvalue weighted by Gasteiger charge is -2.47. The van der Waals surface area contributed by atoms with Gasteiger partial charge in [-0.05, 0) is 52.0 Å². The number of aromatic hydroxyl groups is 1. The molecule has 0 radical (unpaired) electrons. The Labute approximate surface area is 200 Å². The van der Waals surface area contributed by atoms with Crippen LogP contribution in [0.15, 0.2) is 33.5 Å². The molecule has 11 heteroatoms. The molecule has 1 aromatic carbocycles. The Bertz CT molecular complexity index is 1330. The first kappa shape index (κ1) is 24.6. The lowest BCUT2D eigenvalue weighted by molar-refractivity contribution is -0.305. The number of anilines is 1. The number of fused-ring (bicyclic) bond motifs is 1. The summed E-state index contributed by atoms with van der Waals surface area (Å²) in [6.07, 6.45) is -4.65. The Hall–Kier alpha value is -3.54. The van der Waals surface area contributed by atoms with Crippen LogP contribution < -0.4 is 16.1 Å². The zero-order chi connectivity index (χ0) is 25.7. The summed E-state index contributed by atoms with van der Waals surface area (Å²) in [7, 11) is 1.43. The number of aromatic amines is 1. The van der Waals surface area contributed by atoms with Gasteiger partial charge in [0.05, 0.1) is 11.0 Å². The van der Waals surface area contributed by atoms with Gasteiger partial charge in [-0.15, -0.1) is 0 Å². The third kappa shape index (κ3) is 4.33. The highest BCUT2D eigenvalue weighted by atomic mass is 16.7. The van der Waals surface area contributed by atoms with Crippen molar-refractivity contribution in [3.05, 3.63) is 51.6 Å². The van der Waals surface area contributed by atoms with Gasteiger partial charge < -0.3 is 44.3 Å². The second-order valence-electron chi connectivity index (χ2n) is 9.00. The molecule has 3 aromatic rings. The monoisotopic (exact) mass is 488 g/mol. The van der Waals surface area contributed by atoms with E-state index >= 15 is 0 Å². The quantitative estimate of drug-likeness (QED) is 0.309. The minimum Gasteiger partial charge on any atom is -0.505 e. The topological polar surface area (TPSA) is 166 Å². The molecule has 1 aliphatic rings. The number of benzene rings is 1. The number of nitrogens with two attached hydrogens (primary N) is 1. The summed E-state index contributed by atoms with van der Waals surface area (Å²) >= 11 is 0. The van der Waals surface area contributed by atoms with Crippen LogP contribution in [0.2, 0.25) is 0 Å². The highest BCUT2D eigenvalue weighted by Crippen LogP contribution is 2.38. The number of aryl methyl sites for hydroxylation is 2.